The van der Waals surface area contributed by atoms with Crippen molar-refractivity contribution in [2.75, 3.05) is 11.9 Å². The second kappa shape index (κ2) is 5.92. The number of rotatable bonds is 4. The number of nitrogens with zero attached hydrogens (tertiary/aromatic N) is 1. The lowest BCUT2D eigenvalue weighted by Crippen LogP contribution is -2.40. The molecular weight excluding hydrogens is 268 g/mol. The summed E-state index contributed by atoms with van der Waals surface area (Å²) >= 11 is 5.00. The van der Waals surface area contributed by atoms with Gasteiger partial charge in [0, 0.05) is 23.7 Å². The van der Waals surface area contributed by atoms with Crippen LogP contribution in [0.2, 0.25) is 0 Å². The minimum atomic E-state index is -0.173. The zero-order valence-corrected chi connectivity index (χ0v) is 13.0. The highest BCUT2D eigenvalue weighted by molar-refractivity contribution is 7.80. The Balaban J connectivity index is 2.26. The van der Waals surface area contributed by atoms with Crippen LogP contribution in [0.15, 0.2) is 24.3 Å². The van der Waals surface area contributed by atoms with E-state index in [0.29, 0.717) is 4.99 Å². The fourth-order valence-electron chi connectivity index (χ4n) is 3.11. The van der Waals surface area contributed by atoms with Crippen LogP contribution in [0.25, 0.3) is 0 Å². The van der Waals surface area contributed by atoms with Crippen LogP contribution >= 0.6 is 12.2 Å². The monoisotopic (exact) mass is 290 g/mol. The minimum absolute atomic E-state index is 0.173. The molecule has 0 saturated heterocycles. The number of thiocarbonyl (C=S) groups is 1. The van der Waals surface area contributed by atoms with Gasteiger partial charge >= 0.3 is 0 Å². The Morgan fingerprint density at radius 2 is 2.05 bits per heavy atom. The molecule has 2 N–H and O–H groups in total. The summed E-state index contributed by atoms with van der Waals surface area (Å²) in [6.45, 7) is 2.11. The Morgan fingerprint density at radius 1 is 1.40 bits per heavy atom. The van der Waals surface area contributed by atoms with Crippen molar-refractivity contribution in [3.63, 3.8) is 0 Å². The van der Waals surface area contributed by atoms with Crippen LogP contribution < -0.4 is 10.6 Å². The predicted molar refractivity (Wildman–Crippen MR) is 86.9 cm³/mol. The second-order valence-corrected chi connectivity index (χ2v) is 6.06. The van der Waals surface area contributed by atoms with Crippen molar-refractivity contribution in [2.45, 2.75) is 39.0 Å². The summed E-state index contributed by atoms with van der Waals surface area (Å²) in [5.74, 6) is 0.220. The number of anilines is 1. The van der Waals surface area contributed by atoms with Crippen molar-refractivity contribution >= 4 is 28.8 Å². The maximum atomic E-state index is 12.8. The van der Waals surface area contributed by atoms with Crippen molar-refractivity contribution < 1.29 is 4.79 Å². The molecule has 1 fully saturated rings. The van der Waals surface area contributed by atoms with Gasteiger partial charge < -0.3 is 10.6 Å². The Hall–Kier alpha value is -1.42. The quantitative estimate of drug-likeness (QED) is 0.866. The van der Waals surface area contributed by atoms with E-state index in [1.807, 2.05) is 31.3 Å². The normalized spacial score (nSPS) is 16.9. The molecule has 1 aromatic rings. The van der Waals surface area contributed by atoms with Gasteiger partial charge in [-0.25, -0.2) is 0 Å². The Morgan fingerprint density at radius 3 is 2.60 bits per heavy atom. The molecule has 0 heterocycles. The molecule has 4 heteroatoms. The van der Waals surface area contributed by atoms with E-state index in [2.05, 4.69) is 6.92 Å². The van der Waals surface area contributed by atoms with Gasteiger partial charge in [0.1, 0.15) is 4.99 Å². The van der Waals surface area contributed by atoms with Crippen molar-refractivity contribution in [1.29, 1.82) is 0 Å². The summed E-state index contributed by atoms with van der Waals surface area (Å²) in [6.07, 6.45) is 5.22. The van der Waals surface area contributed by atoms with Crippen molar-refractivity contribution in [3.8, 4) is 0 Å². The van der Waals surface area contributed by atoms with E-state index < -0.39 is 0 Å². The molecule has 1 aliphatic rings. The van der Waals surface area contributed by atoms with Crippen LogP contribution in [0.4, 0.5) is 5.69 Å². The molecule has 0 atom stereocenters. The number of carbonyl (C=O) groups is 1. The maximum absolute atomic E-state index is 12.8. The minimum Gasteiger partial charge on any atom is -0.389 e. The van der Waals surface area contributed by atoms with Crippen molar-refractivity contribution in [3.05, 3.63) is 29.8 Å². The highest BCUT2D eigenvalue weighted by Crippen LogP contribution is 2.42. The van der Waals surface area contributed by atoms with Gasteiger partial charge in [0.25, 0.3) is 0 Å². The molecule has 1 aromatic carbocycles. The van der Waals surface area contributed by atoms with Gasteiger partial charge in [-0.1, -0.05) is 44.1 Å². The van der Waals surface area contributed by atoms with Crippen LogP contribution in [0.5, 0.6) is 0 Å². The van der Waals surface area contributed by atoms with Crippen LogP contribution in [-0.2, 0) is 4.79 Å². The molecule has 0 aromatic heterocycles. The van der Waals surface area contributed by atoms with Gasteiger partial charge in [-0.3, -0.25) is 4.79 Å². The van der Waals surface area contributed by atoms with Crippen LogP contribution in [0.1, 0.15) is 44.6 Å². The van der Waals surface area contributed by atoms with Gasteiger partial charge in [-0.2, -0.15) is 0 Å². The summed E-state index contributed by atoms with van der Waals surface area (Å²) in [6, 6.07) is 7.58. The summed E-state index contributed by atoms with van der Waals surface area (Å²) < 4.78 is 0. The summed E-state index contributed by atoms with van der Waals surface area (Å²) in [5, 5.41) is 0. The molecule has 3 nitrogen and oxygen atoms in total. The van der Waals surface area contributed by atoms with E-state index in [9.17, 15) is 4.79 Å². The van der Waals surface area contributed by atoms with Crippen molar-refractivity contribution in [1.82, 2.24) is 0 Å². The number of hydrogen-bond donors (Lipinski definition) is 1. The zero-order chi connectivity index (χ0) is 14.8. The highest BCUT2D eigenvalue weighted by Gasteiger charge is 2.41. The van der Waals surface area contributed by atoms with Crippen molar-refractivity contribution in [2.24, 2.45) is 11.1 Å². The number of carbonyl (C=O) groups excluding carboxylic acids is 1. The van der Waals surface area contributed by atoms with E-state index >= 15 is 0 Å². The lowest BCUT2D eigenvalue weighted by Gasteiger charge is -2.31. The van der Waals surface area contributed by atoms with E-state index in [1.54, 1.807) is 4.90 Å². The lowest BCUT2D eigenvalue weighted by atomic mass is 9.82. The molecule has 0 bridgehead atoms. The van der Waals surface area contributed by atoms with Crippen LogP contribution in [0.3, 0.4) is 0 Å². The molecule has 0 unspecified atom stereocenters. The van der Waals surface area contributed by atoms with Gasteiger partial charge in [0.2, 0.25) is 5.91 Å². The number of nitrogens with two attached hydrogens (primary N) is 1. The molecule has 108 valence electrons. The first-order valence-corrected chi connectivity index (χ1v) is 7.59. The van der Waals surface area contributed by atoms with E-state index in [-0.39, 0.29) is 11.3 Å². The molecule has 1 aliphatic carbocycles. The first-order valence-electron chi connectivity index (χ1n) is 7.18. The third-order valence-electron chi connectivity index (χ3n) is 4.51. The molecule has 0 aliphatic heterocycles. The average Bonchev–Trinajstić information content (AvgIpc) is 2.96. The third-order valence-corrected chi connectivity index (χ3v) is 4.75. The Labute approximate surface area is 126 Å². The number of hydrogen-bond acceptors (Lipinski definition) is 2. The van der Waals surface area contributed by atoms with Gasteiger partial charge in [-0.15, -0.1) is 0 Å². The van der Waals surface area contributed by atoms with E-state index in [4.69, 9.17) is 18.0 Å². The molecule has 20 heavy (non-hydrogen) atoms. The number of benzene rings is 1. The SMILES string of the molecule is CCC1(C(=O)N(C)c2cccc(C(N)=S)c2)CCCC1. The maximum Gasteiger partial charge on any atom is 0.232 e. The molecule has 0 spiro atoms. The molecule has 0 radical (unpaired) electrons. The summed E-state index contributed by atoms with van der Waals surface area (Å²) in [5.41, 5.74) is 7.15. The molecule has 2 rings (SSSR count). The van der Waals surface area contributed by atoms with Gasteiger partial charge in [0.05, 0.1) is 0 Å². The molecule has 1 saturated carbocycles. The fraction of sp³-hybridized carbons (Fsp3) is 0.500. The summed E-state index contributed by atoms with van der Waals surface area (Å²) in [7, 11) is 1.84. The zero-order valence-electron chi connectivity index (χ0n) is 12.2. The van der Waals surface area contributed by atoms with E-state index in [1.165, 1.54) is 0 Å². The highest BCUT2D eigenvalue weighted by atomic mass is 32.1. The average molecular weight is 290 g/mol. The van der Waals surface area contributed by atoms with E-state index in [0.717, 1.165) is 43.4 Å². The Kier molecular flexibility index (Phi) is 4.43. The fourth-order valence-corrected chi connectivity index (χ4v) is 3.24. The molecule has 1 amide bonds. The first-order chi connectivity index (χ1) is 9.50. The van der Waals surface area contributed by atoms with Gasteiger partial charge in [0.15, 0.2) is 0 Å². The third kappa shape index (κ3) is 2.70. The standard InChI is InChI=1S/C16H22N2OS/c1-3-16(9-4-5-10-16)15(19)18(2)13-8-6-7-12(11-13)14(17)20/h6-8,11H,3-5,9-10H2,1-2H3,(H2,17,20). The smallest absolute Gasteiger partial charge is 0.232 e. The topological polar surface area (TPSA) is 46.3 Å². The Bertz CT molecular complexity index is 521. The number of amides is 1. The lowest BCUT2D eigenvalue weighted by molar-refractivity contribution is -0.127. The van der Waals surface area contributed by atoms with Crippen LogP contribution in [0, 0.1) is 5.41 Å². The molecular formula is C16H22N2OS. The summed E-state index contributed by atoms with van der Waals surface area (Å²) in [4.78, 5) is 15.0. The predicted octanol–water partition coefficient (Wildman–Crippen LogP) is 3.25. The largest absolute Gasteiger partial charge is 0.389 e. The first kappa shape index (κ1) is 15.0. The van der Waals surface area contributed by atoms with Gasteiger partial charge in [-0.05, 0) is 31.4 Å². The second-order valence-electron chi connectivity index (χ2n) is 5.62. The van der Waals surface area contributed by atoms with Crippen LogP contribution in [-0.4, -0.2) is 17.9 Å².